The molecule has 3 heteroatoms. The summed E-state index contributed by atoms with van der Waals surface area (Å²) in [5, 5.41) is 0.637. The van der Waals surface area contributed by atoms with E-state index in [0.29, 0.717) is 5.33 Å². The zero-order chi connectivity index (χ0) is 10.6. The predicted octanol–water partition coefficient (Wildman–Crippen LogP) is 2.85. The third-order valence-corrected chi connectivity index (χ3v) is 2.95. The van der Waals surface area contributed by atoms with Crippen LogP contribution in [-0.4, -0.2) is 4.57 Å². The van der Waals surface area contributed by atoms with Gasteiger partial charge in [0.15, 0.2) is 0 Å². The van der Waals surface area contributed by atoms with E-state index in [1.54, 1.807) is 0 Å². The molecule has 1 heterocycles. The van der Waals surface area contributed by atoms with Gasteiger partial charge in [-0.05, 0) is 19.4 Å². The molecule has 1 rings (SSSR count). The Morgan fingerprint density at radius 3 is 2.71 bits per heavy atom. The Kier molecular flexibility index (Phi) is 4.39. The van der Waals surface area contributed by atoms with Gasteiger partial charge >= 0.3 is 0 Å². The number of aryl methyl sites for hydroxylation is 1. The van der Waals surface area contributed by atoms with E-state index in [4.69, 9.17) is 0 Å². The minimum absolute atomic E-state index is 0.148. The number of alkyl halides is 1. The van der Waals surface area contributed by atoms with Crippen LogP contribution in [0, 0.1) is 6.92 Å². The molecule has 78 valence electrons. The van der Waals surface area contributed by atoms with Crippen molar-refractivity contribution in [1.29, 1.82) is 0 Å². The Balaban J connectivity index is 3.06. The van der Waals surface area contributed by atoms with Crippen LogP contribution in [0.1, 0.15) is 31.0 Å². The van der Waals surface area contributed by atoms with Crippen LogP contribution in [-0.2, 0) is 11.9 Å². The lowest BCUT2D eigenvalue weighted by Gasteiger charge is -2.10. The fraction of sp³-hybridized carbons (Fsp3) is 0.545. The van der Waals surface area contributed by atoms with E-state index < -0.39 is 0 Å². The van der Waals surface area contributed by atoms with Crippen LogP contribution in [0.4, 0.5) is 0 Å². The molecule has 0 fully saturated rings. The maximum atomic E-state index is 11.9. The van der Waals surface area contributed by atoms with Gasteiger partial charge in [-0.2, -0.15) is 0 Å². The minimum atomic E-state index is 0.148. The van der Waals surface area contributed by atoms with Crippen LogP contribution in [0.15, 0.2) is 16.9 Å². The summed E-state index contributed by atoms with van der Waals surface area (Å²) in [5.74, 6) is 0. The molecule has 0 radical (unpaired) electrons. The molecular formula is C11H16BrNO. The lowest BCUT2D eigenvalue weighted by molar-refractivity contribution is 0.596. The molecule has 0 aliphatic rings. The van der Waals surface area contributed by atoms with Gasteiger partial charge in [-0.3, -0.25) is 4.79 Å². The van der Waals surface area contributed by atoms with Gasteiger partial charge < -0.3 is 4.57 Å². The van der Waals surface area contributed by atoms with Crippen LogP contribution in [0.5, 0.6) is 0 Å². The third kappa shape index (κ3) is 2.47. The summed E-state index contributed by atoms with van der Waals surface area (Å²) in [6, 6.07) is 3.91. The van der Waals surface area contributed by atoms with Crippen LogP contribution < -0.4 is 5.56 Å². The van der Waals surface area contributed by atoms with E-state index in [1.807, 2.05) is 23.6 Å². The molecule has 0 aromatic carbocycles. The second kappa shape index (κ2) is 5.35. The Morgan fingerprint density at radius 2 is 2.14 bits per heavy atom. The highest BCUT2D eigenvalue weighted by Gasteiger charge is 2.04. The molecule has 0 saturated heterocycles. The maximum Gasteiger partial charge on any atom is 0.254 e. The van der Waals surface area contributed by atoms with Crippen LogP contribution >= 0.6 is 15.9 Å². The zero-order valence-corrected chi connectivity index (χ0v) is 10.3. The van der Waals surface area contributed by atoms with E-state index in [2.05, 4.69) is 22.9 Å². The second-order valence-corrected chi connectivity index (χ2v) is 4.00. The molecule has 0 atom stereocenters. The lowest BCUT2D eigenvalue weighted by atomic mass is 10.2. The molecular weight excluding hydrogens is 242 g/mol. The first-order valence-corrected chi connectivity index (χ1v) is 6.08. The topological polar surface area (TPSA) is 22.0 Å². The molecule has 0 aliphatic heterocycles. The maximum absolute atomic E-state index is 11.9. The number of hydrogen-bond donors (Lipinski definition) is 0. The van der Waals surface area contributed by atoms with Gasteiger partial charge in [-0.1, -0.05) is 35.3 Å². The molecule has 0 bridgehead atoms. The zero-order valence-electron chi connectivity index (χ0n) is 8.72. The molecule has 0 spiro atoms. The quantitative estimate of drug-likeness (QED) is 0.761. The summed E-state index contributed by atoms with van der Waals surface area (Å²) >= 11 is 3.32. The van der Waals surface area contributed by atoms with Gasteiger partial charge in [-0.25, -0.2) is 0 Å². The SMILES string of the molecule is CCCCn1c(C)ccc(CBr)c1=O. The molecule has 2 nitrogen and oxygen atoms in total. The number of hydrogen-bond acceptors (Lipinski definition) is 1. The summed E-state index contributed by atoms with van der Waals surface area (Å²) in [6.07, 6.45) is 2.18. The normalized spacial score (nSPS) is 10.5. The van der Waals surface area contributed by atoms with E-state index in [9.17, 15) is 4.79 Å². The van der Waals surface area contributed by atoms with Crippen molar-refractivity contribution >= 4 is 15.9 Å². The predicted molar refractivity (Wildman–Crippen MR) is 63.0 cm³/mol. The standard InChI is InChI=1S/C11H16BrNO/c1-3-4-7-13-9(2)5-6-10(8-12)11(13)14/h5-6H,3-4,7-8H2,1-2H3. The number of nitrogens with zero attached hydrogens (tertiary/aromatic N) is 1. The summed E-state index contributed by atoms with van der Waals surface area (Å²) in [5.41, 5.74) is 2.04. The summed E-state index contributed by atoms with van der Waals surface area (Å²) in [7, 11) is 0. The highest BCUT2D eigenvalue weighted by Crippen LogP contribution is 2.04. The van der Waals surface area contributed by atoms with Gasteiger partial charge in [-0.15, -0.1) is 0 Å². The molecule has 0 aliphatic carbocycles. The Hall–Kier alpha value is -0.570. The minimum Gasteiger partial charge on any atom is -0.313 e. The van der Waals surface area contributed by atoms with Crippen molar-refractivity contribution in [3.05, 3.63) is 33.7 Å². The van der Waals surface area contributed by atoms with Gasteiger partial charge in [0.25, 0.3) is 5.56 Å². The molecule has 0 N–H and O–H groups in total. The van der Waals surface area contributed by atoms with Crippen molar-refractivity contribution in [3.63, 3.8) is 0 Å². The molecule has 1 aromatic rings. The van der Waals surface area contributed by atoms with Crippen LogP contribution in [0.2, 0.25) is 0 Å². The van der Waals surface area contributed by atoms with E-state index in [1.165, 1.54) is 0 Å². The third-order valence-electron chi connectivity index (χ3n) is 2.35. The smallest absolute Gasteiger partial charge is 0.254 e. The number of pyridine rings is 1. The first kappa shape index (κ1) is 11.5. The van der Waals surface area contributed by atoms with Crippen molar-refractivity contribution in [1.82, 2.24) is 4.57 Å². The molecule has 0 unspecified atom stereocenters. The summed E-state index contributed by atoms with van der Waals surface area (Å²) < 4.78 is 1.86. The van der Waals surface area contributed by atoms with Gasteiger partial charge in [0.2, 0.25) is 0 Å². The van der Waals surface area contributed by atoms with Crippen molar-refractivity contribution in [2.45, 2.75) is 38.6 Å². The van der Waals surface area contributed by atoms with Crippen molar-refractivity contribution < 1.29 is 0 Å². The van der Waals surface area contributed by atoms with Crippen LogP contribution in [0.25, 0.3) is 0 Å². The highest BCUT2D eigenvalue weighted by atomic mass is 79.9. The second-order valence-electron chi connectivity index (χ2n) is 3.44. The Labute approximate surface area is 93.1 Å². The molecule has 14 heavy (non-hydrogen) atoms. The summed E-state index contributed by atoms with van der Waals surface area (Å²) in [4.78, 5) is 11.9. The largest absolute Gasteiger partial charge is 0.313 e. The molecule has 1 aromatic heterocycles. The Morgan fingerprint density at radius 1 is 1.43 bits per heavy atom. The molecule has 0 amide bonds. The fourth-order valence-electron chi connectivity index (χ4n) is 1.41. The van der Waals surface area contributed by atoms with Gasteiger partial charge in [0, 0.05) is 23.1 Å². The first-order chi connectivity index (χ1) is 6.70. The van der Waals surface area contributed by atoms with Crippen molar-refractivity contribution in [3.8, 4) is 0 Å². The Bertz CT molecular complexity index is 357. The number of rotatable bonds is 4. The molecule has 0 saturated carbocycles. The average Bonchev–Trinajstić information content (AvgIpc) is 2.18. The average molecular weight is 258 g/mol. The number of unbranched alkanes of at least 4 members (excludes halogenated alkanes) is 1. The number of halogens is 1. The van der Waals surface area contributed by atoms with E-state index in [0.717, 1.165) is 30.6 Å². The van der Waals surface area contributed by atoms with Gasteiger partial charge in [0.1, 0.15) is 0 Å². The van der Waals surface area contributed by atoms with E-state index >= 15 is 0 Å². The lowest BCUT2D eigenvalue weighted by Crippen LogP contribution is -2.24. The monoisotopic (exact) mass is 257 g/mol. The first-order valence-electron chi connectivity index (χ1n) is 4.96. The van der Waals surface area contributed by atoms with Crippen LogP contribution in [0.3, 0.4) is 0 Å². The summed E-state index contributed by atoms with van der Waals surface area (Å²) in [6.45, 7) is 4.95. The number of aromatic nitrogens is 1. The van der Waals surface area contributed by atoms with E-state index in [-0.39, 0.29) is 5.56 Å². The fourth-order valence-corrected chi connectivity index (χ4v) is 1.84. The van der Waals surface area contributed by atoms with Crippen molar-refractivity contribution in [2.75, 3.05) is 0 Å². The highest BCUT2D eigenvalue weighted by molar-refractivity contribution is 9.08. The van der Waals surface area contributed by atoms with Gasteiger partial charge in [0.05, 0.1) is 0 Å². The van der Waals surface area contributed by atoms with Crippen molar-refractivity contribution in [2.24, 2.45) is 0 Å².